The van der Waals surface area contributed by atoms with E-state index in [0.717, 1.165) is 42.9 Å². The summed E-state index contributed by atoms with van der Waals surface area (Å²) in [6.07, 6.45) is 2.06. The SMILES string of the molecule is Cc1nn(CCO)c(C)c1CNCC1(c2ccccc2F)CC1. The van der Waals surface area contributed by atoms with Crippen LogP contribution in [0.1, 0.15) is 35.4 Å². The van der Waals surface area contributed by atoms with Crippen molar-refractivity contribution in [3.63, 3.8) is 0 Å². The summed E-state index contributed by atoms with van der Waals surface area (Å²) in [6.45, 7) is 6.12. The Hall–Kier alpha value is -1.72. The number of rotatable bonds is 7. The highest BCUT2D eigenvalue weighted by molar-refractivity contribution is 5.33. The molecule has 0 unspecified atom stereocenters. The molecule has 0 aliphatic heterocycles. The van der Waals surface area contributed by atoms with Crippen LogP contribution in [0.4, 0.5) is 4.39 Å². The van der Waals surface area contributed by atoms with Crippen LogP contribution in [-0.4, -0.2) is 28.0 Å². The number of aliphatic hydroxyl groups is 1. The number of hydrogen-bond acceptors (Lipinski definition) is 3. The largest absolute Gasteiger partial charge is 0.394 e. The molecular formula is C18H24FN3O. The van der Waals surface area contributed by atoms with Crippen LogP contribution in [0, 0.1) is 19.7 Å². The van der Waals surface area contributed by atoms with E-state index >= 15 is 0 Å². The monoisotopic (exact) mass is 317 g/mol. The summed E-state index contributed by atoms with van der Waals surface area (Å²) in [7, 11) is 0. The van der Waals surface area contributed by atoms with Crippen LogP contribution in [-0.2, 0) is 18.5 Å². The number of aryl methyl sites for hydroxylation is 1. The minimum Gasteiger partial charge on any atom is -0.394 e. The first kappa shape index (κ1) is 16.1. The van der Waals surface area contributed by atoms with Crippen molar-refractivity contribution in [2.24, 2.45) is 0 Å². The number of aromatic nitrogens is 2. The summed E-state index contributed by atoms with van der Waals surface area (Å²) in [6, 6.07) is 7.10. The highest BCUT2D eigenvalue weighted by Gasteiger charge is 2.45. The smallest absolute Gasteiger partial charge is 0.127 e. The molecule has 0 saturated heterocycles. The second kappa shape index (κ2) is 6.42. The first-order chi connectivity index (χ1) is 11.1. The normalized spacial score (nSPS) is 15.8. The number of benzene rings is 1. The summed E-state index contributed by atoms with van der Waals surface area (Å²) in [5, 5.41) is 17.0. The van der Waals surface area contributed by atoms with Crippen LogP contribution in [0.15, 0.2) is 24.3 Å². The van der Waals surface area contributed by atoms with E-state index in [1.165, 1.54) is 5.56 Å². The van der Waals surface area contributed by atoms with E-state index in [2.05, 4.69) is 10.4 Å². The van der Waals surface area contributed by atoms with Crippen molar-refractivity contribution in [3.8, 4) is 0 Å². The third-order valence-corrected chi connectivity index (χ3v) is 4.91. The molecule has 0 amide bonds. The van der Waals surface area contributed by atoms with E-state index in [9.17, 15) is 4.39 Å². The Bertz CT molecular complexity index is 692. The fourth-order valence-corrected chi connectivity index (χ4v) is 3.31. The molecule has 3 rings (SSSR count). The predicted molar refractivity (Wildman–Crippen MR) is 87.8 cm³/mol. The van der Waals surface area contributed by atoms with Gasteiger partial charge < -0.3 is 10.4 Å². The third kappa shape index (κ3) is 3.16. The Morgan fingerprint density at radius 1 is 1.30 bits per heavy atom. The predicted octanol–water partition coefficient (Wildman–Crippen LogP) is 2.45. The second-order valence-corrected chi connectivity index (χ2v) is 6.46. The molecule has 2 N–H and O–H groups in total. The minimum atomic E-state index is -0.102. The van der Waals surface area contributed by atoms with Crippen molar-refractivity contribution < 1.29 is 9.50 Å². The van der Waals surface area contributed by atoms with Gasteiger partial charge in [0.05, 0.1) is 18.8 Å². The molecule has 4 nitrogen and oxygen atoms in total. The maximum Gasteiger partial charge on any atom is 0.127 e. The van der Waals surface area contributed by atoms with Gasteiger partial charge in [-0.3, -0.25) is 4.68 Å². The lowest BCUT2D eigenvalue weighted by Crippen LogP contribution is -2.27. The number of nitrogens with one attached hydrogen (secondary N) is 1. The van der Waals surface area contributed by atoms with E-state index in [0.29, 0.717) is 6.54 Å². The molecule has 1 aromatic heterocycles. The molecule has 0 bridgehead atoms. The van der Waals surface area contributed by atoms with Gasteiger partial charge in [-0.1, -0.05) is 18.2 Å². The Morgan fingerprint density at radius 2 is 2.04 bits per heavy atom. The van der Waals surface area contributed by atoms with Crippen LogP contribution in [0.3, 0.4) is 0 Å². The summed E-state index contributed by atoms with van der Waals surface area (Å²) >= 11 is 0. The third-order valence-electron chi connectivity index (χ3n) is 4.91. The Kier molecular flexibility index (Phi) is 4.50. The topological polar surface area (TPSA) is 50.1 Å². The van der Waals surface area contributed by atoms with E-state index in [4.69, 9.17) is 5.11 Å². The molecule has 5 heteroatoms. The average molecular weight is 317 g/mol. The molecule has 0 radical (unpaired) electrons. The fourth-order valence-electron chi connectivity index (χ4n) is 3.31. The number of hydrogen-bond donors (Lipinski definition) is 2. The molecule has 2 aromatic rings. The first-order valence-corrected chi connectivity index (χ1v) is 8.17. The number of halogens is 1. The zero-order chi connectivity index (χ0) is 16.4. The Labute approximate surface area is 136 Å². The summed E-state index contributed by atoms with van der Waals surface area (Å²) in [5.74, 6) is -0.102. The van der Waals surface area contributed by atoms with Gasteiger partial charge in [-0.2, -0.15) is 5.10 Å². The summed E-state index contributed by atoms with van der Waals surface area (Å²) in [4.78, 5) is 0. The maximum atomic E-state index is 14.0. The van der Waals surface area contributed by atoms with Crippen LogP contribution in [0.2, 0.25) is 0 Å². The number of aliphatic hydroxyl groups excluding tert-OH is 1. The maximum absolute atomic E-state index is 14.0. The zero-order valence-electron chi connectivity index (χ0n) is 13.8. The lowest BCUT2D eigenvalue weighted by atomic mass is 9.95. The second-order valence-electron chi connectivity index (χ2n) is 6.46. The van der Waals surface area contributed by atoms with Gasteiger partial charge >= 0.3 is 0 Å². The summed E-state index contributed by atoms with van der Waals surface area (Å²) < 4.78 is 15.9. The van der Waals surface area contributed by atoms with E-state index in [-0.39, 0.29) is 17.8 Å². The molecule has 0 spiro atoms. The first-order valence-electron chi connectivity index (χ1n) is 8.17. The van der Waals surface area contributed by atoms with Crippen LogP contribution in [0.25, 0.3) is 0 Å². The molecule has 1 fully saturated rings. The zero-order valence-corrected chi connectivity index (χ0v) is 13.8. The van der Waals surface area contributed by atoms with Gasteiger partial charge in [0.15, 0.2) is 0 Å². The van der Waals surface area contributed by atoms with Crippen molar-refractivity contribution in [2.45, 2.75) is 45.2 Å². The van der Waals surface area contributed by atoms with Gasteiger partial charge in [0.1, 0.15) is 5.82 Å². The van der Waals surface area contributed by atoms with Gasteiger partial charge in [-0.25, -0.2) is 4.39 Å². The highest BCUT2D eigenvalue weighted by Crippen LogP contribution is 2.48. The van der Waals surface area contributed by atoms with Crippen LogP contribution < -0.4 is 5.32 Å². The van der Waals surface area contributed by atoms with Crippen molar-refractivity contribution >= 4 is 0 Å². The molecule has 1 aliphatic rings. The number of nitrogens with zero attached hydrogens (tertiary/aromatic N) is 2. The highest BCUT2D eigenvalue weighted by atomic mass is 19.1. The van der Waals surface area contributed by atoms with Gasteiger partial charge in [0, 0.05) is 29.8 Å². The molecule has 124 valence electrons. The van der Waals surface area contributed by atoms with E-state index in [1.807, 2.05) is 30.7 Å². The molecule has 1 aliphatic carbocycles. The van der Waals surface area contributed by atoms with Crippen molar-refractivity contribution in [1.82, 2.24) is 15.1 Å². The molecule has 1 aromatic carbocycles. The van der Waals surface area contributed by atoms with Gasteiger partial charge in [-0.05, 0) is 38.3 Å². The van der Waals surface area contributed by atoms with Gasteiger partial charge in [-0.15, -0.1) is 0 Å². The molecule has 1 saturated carbocycles. The lowest BCUT2D eigenvalue weighted by molar-refractivity contribution is 0.267. The Balaban J connectivity index is 1.65. The minimum absolute atomic E-state index is 0.0474. The van der Waals surface area contributed by atoms with Crippen molar-refractivity contribution in [3.05, 3.63) is 52.6 Å². The molecule has 1 heterocycles. The molecule has 0 atom stereocenters. The Morgan fingerprint density at radius 3 is 2.70 bits per heavy atom. The lowest BCUT2D eigenvalue weighted by Gasteiger charge is -2.17. The van der Waals surface area contributed by atoms with Crippen LogP contribution >= 0.6 is 0 Å². The molecular weight excluding hydrogens is 293 g/mol. The van der Waals surface area contributed by atoms with Gasteiger partial charge in [0.25, 0.3) is 0 Å². The standard InChI is InChI=1S/C18H24FN3O/c1-13-15(14(2)22(21-13)9-10-23)11-20-12-18(7-8-18)16-5-3-4-6-17(16)19/h3-6,20,23H,7-12H2,1-2H3. The van der Waals surface area contributed by atoms with E-state index < -0.39 is 0 Å². The van der Waals surface area contributed by atoms with Crippen molar-refractivity contribution in [2.75, 3.05) is 13.2 Å². The summed E-state index contributed by atoms with van der Waals surface area (Å²) in [5.41, 5.74) is 4.02. The fraction of sp³-hybridized carbons (Fsp3) is 0.500. The van der Waals surface area contributed by atoms with Gasteiger partial charge in [0.2, 0.25) is 0 Å². The quantitative estimate of drug-likeness (QED) is 0.825. The average Bonchev–Trinajstić information content (AvgIpc) is 3.26. The van der Waals surface area contributed by atoms with Crippen molar-refractivity contribution in [1.29, 1.82) is 0 Å². The van der Waals surface area contributed by atoms with E-state index in [1.54, 1.807) is 12.1 Å². The van der Waals surface area contributed by atoms with Crippen LogP contribution in [0.5, 0.6) is 0 Å². The molecule has 23 heavy (non-hydrogen) atoms.